The first kappa shape index (κ1) is 12.3. The van der Waals surface area contributed by atoms with E-state index in [2.05, 4.69) is 29.4 Å². The fraction of sp³-hybridized carbons (Fsp3) is 0.200. The number of carbonyl (C=O) groups excluding carboxylic acids is 1. The van der Waals surface area contributed by atoms with Crippen molar-refractivity contribution in [2.24, 2.45) is 0 Å². The Hall–Kier alpha value is -2.16. The zero-order chi connectivity index (χ0) is 12.8. The van der Waals surface area contributed by atoms with Crippen LogP contribution in [0, 0.1) is 0 Å². The van der Waals surface area contributed by atoms with E-state index in [0.29, 0.717) is 12.1 Å². The maximum Gasteiger partial charge on any atom is 0.251 e. The molecule has 0 spiro atoms. The fourth-order valence-corrected chi connectivity index (χ4v) is 1.68. The first-order valence-corrected chi connectivity index (χ1v) is 6.05. The molecule has 0 radical (unpaired) electrons. The molecule has 0 unspecified atom stereocenters. The van der Waals surface area contributed by atoms with E-state index in [1.165, 1.54) is 5.56 Å². The summed E-state index contributed by atoms with van der Waals surface area (Å²) in [5, 5.41) is 2.89. The average Bonchev–Trinajstić information content (AvgIpc) is 2.46. The third-order valence-electron chi connectivity index (χ3n) is 2.83. The van der Waals surface area contributed by atoms with Gasteiger partial charge in [-0.2, -0.15) is 0 Å². The Balaban J connectivity index is 1.93. The summed E-state index contributed by atoms with van der Waals surface area (Å²) >= 11 is 0. The van der Waals surface area contributed by atoms with E-state index >= 15 is 0 Å². The number of rotatable bonds is 4. The lowest BCUT2D eigenvalue weighted by atomic mass is 10.1. The van der Waals surface area contributed by atoms with E-state index in [9.17, 15) is 4.79 Å². The topological polar surface area (TPSA) is 42.0 Å². The van der Waals surface area contributed by atoms with Crippen LogP contribution in [0.3, 0.4) is 0 Å². The summed E-state index contributed by atoms with van der Waals surface area (Å²) in [6.07, 6.45) is 4.26. The number of carbonyl (C=O) groups is 1. The second-order valence-electron chi connectivity index (χ2n) is 4.09. The van der Waals surface area contributed by atoms with Gasteiger partial charge >= 0.3 is 0 Å². The number of hydrogen-bond donors (Lipinski definition) is 1. The van der Waals surface area contributed by atoms with Crippen molar-refractivity contribution >= 4 is 5.91 Å². The molecule has 0 fully saturated rings. The highest BCUT2D eigenvalue weighted by molar-refractivity contribution is 5.93. The van der Waals surface area contributed by atoms with Crippen LogP contribution in [0.25, 0.3) is 0 Å². The maximum absolute atomic E-state index is 11.8. The summed E-state index contributed by atoms with van der Waals surface area (Å²) < 4.78 is 0. The van der Waals surface area contributed by atoms with Crippen LogP contribution >= 0.6 is 0 Å². The molecule has 1 aromatic carbocycles. The largest absolute Gasteiger partial charge is 0.348 e. The Morgan fingerprint density at radius 3 is 2.28 bits per heavy atom. The van der Waals surface area contributed by atoms with Gasteiger partial charge in [-0.1, -0.05) is 31.2 Å². The van der Waals surface area contributed by atoms with Gasteiger partial charge in [-0.3, -0.25) is 9.78 Å². The molecule has 92 valence electrons. The number of nitrogens with one attached hydrogen (secondary N) is 1. The molecule has 0 bridgehead atoms. The van der Waals surface area contributed by atoms with Gasteiger partial charge < -0.3 is 5.32 Å². The Labute approximate surface area is 107 Å². The summed E-state index contributed by atoms with van der Waals surface area (Å²) in [7, 11) is 0. The summed E-state index contributed by atoms with van der Waals surface area (Å²) in [5.74, 6) is -0.0723. The zero-order valence-corrected chi connectivity index (χ0v) is 10.4. The summed E-state index contributed by atoms with van der Waals surface area (Å²) in [4.78, 5) is 15.7. The second kappa shape index (κ2) is 5.96. The molecule has 0 atom stereocenters. The van der Waals surface area contributed by atoms with Gasteiger partial charge in [0, 0.05) is 24.5 Å². The van der Waals surface area contributed by atoms with E-state index in [0.717, 1.165) is 12.0 Å². The summed E-state index contributed by atoms with van der Waals surface area (Å²) in [5.41, 5.74) is 3.05. The van der Waals surface area contributed by atoms with Crippen molar-refractivity contribution in [1.29, 1.82) is 0 Å². The Morgan fingerprint density at radius 1 is 1.06 bits per heavy atom. The van der Waals surface area contributed by atoms with E-state index in [4.69, 9.17) is 0 Å². The quantitative estimate of drug-likeness (QED) is 0.892. The molecular formula is C15H16N2O. The van der Waals surface area contributed by atoms with Crippen LogP contribution in [0.15, 0.2) is 48.8 Å². The summed E-state index contributed by atoms with van der Waals surface area (Å²) in [6, 6.07) is 11.7. The van der Waals surface area contributed by atoms with Crippen molar-refractivity contribution in [1.82, 2.24) is 10.3 Å². The minimum Gasteiger partial charge on any atom is -0.348 e. The molecule has 18 heavy (non-hydrogen) atoms. The molecule has 0 aliphatic heterocycles. The average molecular weight is 240 g/mol. The molecule has 3 heteroatoms. The lowest BCUT2D eigenvalue weighted by molar-refractivity contribution is 0.0951. The molecule has 2 rings (SSSR count). The van der Waals surface area contributed by atoms with Crippen molar-refractivity contribution in [2.45, 2.75) is 19.9 Å². The molecule has 3 nitrogen and oxygen atoms in total. The van der Waals surface area contributed by atoms with Crippen LogP contribution in [0.2, 0.25) is 0 Å². The smallest absolute Gasteiger partial charge is 0.251 e. The van der Waals surface area contributed by atoms with E-state index in [1.807, 2.05) is 12.1 Å². The third-order valence-corrected chi connectivity index (χ3v) is 2.83. The number of pyridine rings is 1. The van der Waals surface area contributed by atoms with Crippen molar-refractivity contribution in [2.75, 3.05) is 0 Å². The molecule has 1 aromatic heterocycles. The molecule has 1 amide bonds. The van der Waals surface area contributed by atoms with Gasteiger partial charge in [0.05, 0.1) is 0 Å². The Kier molecular flexibility index (Phi) is 4.07. The number of amides is 1. The van der Waals surface area contributed by atoms with Gasteiger partial charge in [0.15, 0.2) is 0 Å². The lowest BCUT2D eigenvalue weighted by Crippen LogP contribution is -2.22. The van der Waals surface area contributed by atoms with E-state index < -0.39 is 0 Å². The molecule has 0 saturated heterocycles. The fourth-order valence-electron chi connectivity index (χ4n) is 1.68. The molecule has 0 aliphatic rings. The number of aryl methyl sites for hydroxylation is 1. The van der Waals surface area contributed by atoms with Crippen molar-refractivity contribution in [3.63, 3.8) is 0 Å². The number of hydrogen-bond acceptors (Lipinski definition) is 2. The molecule has 0 aliphatic carbocycles. The van der Waals surface area contributed by atoms with Crippen LogP contribution < -0.4 is 5.32 Å². The van der Waals surface area contributed by atoms with Crippen molar-refractivity contribution < 1.29 is 4.79 Å². The van der Waals surface area contributed by atoms with Gasteiger partial charge in [0.2, 0.25) is 0 Å². The highest BCUT2D eigenvalue weighted by atomic mass is 16.1. The van der Waals surface area contributed by atoms with Crippen LogP contribution in [-0.2, 0) is 13.0 Å². The second-order valence-corrected chi connectivity index (χ2v) is 4.09. The maximum atomic E-state index is 11.8. The van der Waals surface area contributed by atoms with Crippen molar-refractivity contribution in [3.8, 4) is 0 Å². The van der Waals surface area contributed by atoms with Gasteiger partial charge in [0.25, 0.3) is 5.91 Å². The SMILES string of the molecule is CCc1ccc(CNC(=O)c2ccncc2)cc1. The highest BCUT2D eigenvalue weighted by Gasteiger charge is 2.03. The van der Waals surface area contributed by atoms with Crippen molar-refractivity contribution in [3.05, 3.63) is 65.5 Å². The first-order chi connectivity index (χ1) is 8.79. The normalized spacial score (nSPS) is 10.1. The molecule has 1 heterocycles. The third kappa shape index (κ3) is 3.17. The molecule has 1 N–H and O–H groups in total. The number of nitrogens with zero attached hydrogens (tertiary/aromatic N) is 1. The Bertz CT molecular complexity index is 506. The predicted molar refractivity (Wildman–Crippen MR) is 71.2 cm³/mol. The van der Waals surface area contributed by atoms with Gasteiger partial charge in [-0.15, -0.1) is 0 Å². The van der Waals surface area contributed by atoms with E-state index in [-0.39, 0.29) is 5.91 Å². The van der Waals surface area contributed by atoms with E-state index in [1.54, 1.807) is 24.5 Å². The highest BCUT2D eigenvalue weighted by Crippen LogP contribution is 2.05. The van der Waals surface area contributed by atoms with Crippen LogP contribution in [0.5, 0.6) is 0 Å². The predicted octanol–water partition coefficient (Wildman–Crippen LogP) is 2.57. The number of benzene rings is 1. The summed E-state index contributed by atoms with van der Waals surface area (Å²) in [6.45, 7) is 2.67. The van der Waals surface area contributed by atoms with Crippen LogP contribution in [-0.4, -0.2) is 10.9 Å². The van der Waals surface area contributed by atoms with Gasteiger partial charge in [0.1, 0.15) is 0 Å². The minimum atomic E-state index is -0.0723. The standard InChI is InChI=1S/C15H16N2O/c1-2-12-3-5-13(6-4-12)11-17-15(18)14-7-9-16-10-8-14/h3-10H,2,11H2,1H3,(H,17,18). The minimum absolute atomic E-state index is 0.0723. The zero-order valence-electron chi connectivity index (χ0n) is 10.4. The molecular weight excluding hydrogens is 224 g/mol. The lowest BCUT2D eigenvalue weighted by Gasteiger charge is -2.06. The van der Waals surface area contributed by atoms with Gasteiger partial charge in [-0.05, 0) is 29.7 Å². The Morgan fingerprint density at radius 2 is 1.67 bits per heavy atom. The van der Waals surface area contributed by atoms with Crippen LogP contribution in [0.1, 0.15) is 28.4 Å². The van der Waals surface area contributed by atoms with Crippen LogP contribution in [0.4, 0.5) is 0 Å². The molecule has 0 saturated carbocycles. The first-order valence-electron chi connectivity index (χ1n) is 6.05. The monoisotopic (exact) mass is 240 g/mol. The number of aromatic nitrogens is 1. The molecule has 2 aromatic rings. The van der Waals surface area contributed by atoms with Gasteiger partial charge in [-0.25, -0.2) is 0 Å².